The standard InChI is InChI=1S/C15H18IN5O/c1-22-13-7-6-11(8-17-13)19-14-12(16)9-18-15(21-14)20-10-4-2-3-5-10/h6-10H,2-5H2,1H3,(H2,18,19,20,21). The van der Waals surface area contributed by atoms with Gasteiger partial charge in [-0.05, 0) is 41.5 Å². The molecule has 7 heteroatoms. The van der Waals surface area contributed by atoms with E-state index in [9.17, 15) is 0 Å². The molecule has 2 N–H and O–H groups in total. The molecule has 1 aliphatic rings. The fraction of sp³-hybridized carbons (Fsp3) is 0.400. The molecule has 0 atom stereocenters. The maximum absolute atomic E-state index is 5.06. The monoisotopic (exact) mass is 411 g/mol. The van der Waals surface area contributed by atoms with Gasteiger partial charge in [0.25, 0.3) is 0 Å². The smallest absolute Gasteiger partial charge is 0.224 e. The zero-order chi connectivity index (χ0) is 15.4. The number of methoxy groups -OCH3 is 1. The molecule has 0 amide bonds. The van der Waals surface area contributed by atoms with Gasteiger partial charge in [-0.1, -0.05) is 12.8 Å². The highest BCUT2D eigenvalue weighted by Crippen LogP contribution is 2.24. The van der Waals surface area contributed by atoms with Crippen LogP contribution in [0.1, 0.15) is 25.7 Å². The zero-order valence-corrected chi connectivity index (χ0v) is 14.5. The Labute approximate surface area is 143 Å². The van der Waals surface area contributed by atoms with Gasteiger partial charge in [0.1, 0.15) is 5.82 Å². The Hall–Kier alpha value is -1.64. The topological polar surface area (TPSA) is 72.0 Å². The summed E-state index contributed by atoms with van der Waals surface area (Å²) in [7, 11) is 1.60. The number of rotatable bonds is 5. The van der Waals surface area contributed by atoms with E-state index in [2.05, 4.69) is 48.2 Å². The first-order valence-corrected chi connectivity index (χ1v) is 8.38. The summed E-state index contributed by atoms with van der Waals surface area (Å²) in [6, 6.07) is 4.22. The first kappa shape index (κ1) is 15.3. The number of anilines is 3. The van der Waals surface area contributed by atoms with Gasteiger partial charge in [-0.2, -0.15) is 4.98 Å². The van der Waals surface area contributed by atoms with E-state index in [1.54, 1.807) is 13.3 Å². The Morgan fingerprint density at radius 1 is 1.18 bits per heavy atom. The van der Waals surface area contributed by atoms with Gasteiger partial charge in [0.2, 0.25) is 11.8 Å². The Kier molecular flexibility index (Phi) is 4.91. The van der Waals surface area contributed by atoms with Gasteiger partial charge in [-0.3, -0.25) is 0 Å². The summed E-state index contributed by atoms with van der Waals surface area (Å²) in [6.45, 7) is 0. The molecule has 3 rings (SSSR count). The molecule has 0 unspecified atom stereocenters. The van der Waals surface area contributed by atoms with Crippen LogP contribution in [0.25, 0.3) is 0 Å². The van der Waals surface area contributed by atoms with Crippen LogP contribution in [0.15, 0.2) is 24.5 Å². The van der Waals surface area contributed by atoms with Crippen LogP contribution in [0.5, 0.6) is 5.88 Å². The zero-order valence-electron chi connectivity index (χ0n) is 12.3. The lowest BCUT2D eigenvalue weighted by atomic mass is 10.2. The van der Waals surface area contributed by atoms with E-state index >= 15 is 0 Å². The minimum atomic E-state index is 0.496. The molecule has 22 heavy (non-hydrogen) atoms. The first-order chi connectivity index (χ1) is 10.7. The largest absolute Gasteiger partial charge is 0.481 e. The predicted molar refractivity (Wildman–Crippen MR) is 94.7 cm³/mol. The number of pyridine rings is 1. The summed E-state index contributed by atoms with van der Waals surface area (Å²) in [6.07, 6.45) is 8.50. The van der Waals surface area contributed by atoms with Gasteiger partial charge in [-0.25, -0.2) is 9.97 Å². The van der Waals surface area contributed by atoms with Gasteiger partial charge >= 0.3 is 0 Å². The highest BCUT2D eigenvalue weighted by molar-refractivity contribution is 14.1. The Bertz CT molecular complexity index is 628. The lowest BCUT2D eigenvalue weighted by molar-refractivity contribution is 0.398. The van der Waals surface area contributed by atoms with Gasteiger partial charge in [0, 0.05) is 18.3 Å². The molecule has 0 spiro atoms. The van der Waals surface area contributed by atoms with Crippen molar-refractivity contribution in [1.82, 2.24) is 15.0 Å². The minimum absolute atomic E-state index is 0.496. The van der Waals surface area contributed by atoms with Crippen LogP contribution in [0, 0.1) is 3.57 Å². The highest BCUT2D eigenvalue weighted by Gasteiger charge is 2.16. The third-order valence-corrected chi connectivity index (χ3v) is 4.43. The average molecular weight is 411 g/mol. The predicted octanol–water partition coefficient (Wildman–Crippen LogP) is 3.58. The van der Waals surface area contributed by atoms with Crippen molar-refractivity contribution < 1.29 is 4.74 Å². The second-order valence-electron chi connectivity index (χ2n) is 5.23. The summed E-state index contributed by atoms with van der Waals surface area (Å²) < 4.78 is 6.02. The fourth-order valence-corrected chi connectivity index (χ4v) is 2.88. The van der Waals surface area contributed by atoms with E-state index in [-0.39, 0.29) is 0 Å². The van der Waals surface area contributed by atoms with Gasteiger partial charge < -0.3 is 15.4 Å². The van der Waals surface area contributed by atoms with Crippen molar-refractivity contribution in [2.24, 2.45) is 0 Å². The summed E-state index contributed by atoms with van der Waals surface area (Å²) in [5.41, 5.74) is 0.865. The van der Waals surface area contributed by atoms with Gasteiger partial charge in [-0.15, -0.1) is 0 Å². The van der Waals surface area contributed by atoms with Crippen LogP contribution < -0.4 is 15.4 Å². The molecule has 1 fully saturated rings. The number of aromatic nitrogens is 3. The molecule has 2 aromatic heterocycles. The van der Waals surface area contributed by atoms with E-state index in [1.807, 2.05) is 18.3 Å². The number of hydrogen-bond acceptors (Lipinski definition) is 6. The molecule has 0 bridgehead atoms. The molecule has 0 aromatic carbocycles. The average Bonchev–Trinajstić information content (AvgIpc) is 3.04. The molecule has 2 aromatic rings. The maximum Gasteiger partial charge on any atom is 0.224 e. The summed E-state index contributed by atoms with van der Waals surface area (Å²) >= 11 is 2.22. The van der Waals surface area contributed by atoms with Crippen molar-refractivity contribution in [1.29, 1.82) is 0 Å². The molecule has 2 heterocycles. The number of halogens is 1. The van der Waals surface area contributed by atoms with E-state index in [1.165, 1.54) is 25.7 Å². The van der Waals surface area contributed by atoms with Crippen LogP contribution in [0.3, 0.4) is 0 Å². The van der Waals surface area contributed by atoms with Crippen LogP contribution in [-0.2, 0) is 0 Å². The number of nitrogens with one attached hydrogen (secondary N) is 2. The van der Waals surface area contributed by atoms with Crippen molar-refractivity contribution in [2.75, 3.05) is 17.7 Å². The molecule has 0 aliphatic heterocycles. The van der Waals surface area contributed by atoms with Gasteiger partial charge in [0.05, 0.1) is 22.6 Å². The molecule has 116 valence electrons. The van der Waals surface area contributed by atoms with Crippen molar-refractivity contribution in [3.05, 3.63) is 28.1 Å². The second-order valence-corrected chi connectivity index (χ2v) is 6.39. The van der Waals surface area contributed by atoms with E-state index < -0.39 is 0 Å². The lowest BCUT2D eigenvalue weighted by Crippen LogP contribution is -2.17. The van der Waals surface area contributed by atoms with Crippen molar-refractivity contribution in [3.8, 4) is 5.88 Å². The molecule has 0 radical (unpaired) electrons. The summed E-state index contributed by atoms with van der Waals surface area (Å²) in [5, 5.41) is 6.68. The third-order valence-electron chi connectivity index (χ3n) is 3.64. The number of nitrogens with zero attached hydrogens (tertiary/aromatic N) is 3. The molecular formula is C15H18IN5O. The van der Waals surface area contributed by atoms with Crippen LogP contribution in [-0.4, -0.2) is 28.1 Å². The van der Waals surface area contributed by atoms with Gasteiger partial charge in [0.15, 0.2) is 0 Å². The fourth-order valence-electron chi connectivity index (χ4n) is 2.49. The third kappa shape index (κ3) is 3.76. The molecule has 1 saturated carbocycles. The Balaban J connectivity index is 1.73. The molecule has 0 saturated heterocycles. The van der Waals surface area contributed by atoms with Crippen LogP contribution >= 0.6 is 22.6 Å². The van der Waals surface area contributed by atoms with E-state index in [0.717, 1.165) is 15.1 Å². The normalized spacial score (nSPS) is 14.8. The molecular weight excluding hydrogens is 393 g/mol. The van der Waals surface area contributed by atoms with Crippen molar-refractivity contribution in [2.45, 2.75) is 31.7 Å². The molecule has 6 nitrogen and oxygen atoms in total. The Morgan fingerprint density at radius 2 is 2.00 bits per heavy atom. The van der Waals surface area contributed by atoms with E-state index in [4.69, 9.17) is 4.74 Å². The van der Waals surface area contributed by atoms with Crippen LogP contribution in [0.4, 0.5) is 17.5 Å². The number of hydrogen-bond donors (Lipinski definition) is 2. The summed E-state index contributed by atoms with van der Waals surface area (Å²) in [5.74, 6) is 2.05. The van der Waals surface area contributed by atoms with Crippen LogP contribution in [0.2, 0.25) is 0 Å². The number of ether oxygens (including phenoxy) is 1. The van der Waals surface area contributed by atoms with E-state index in [0.29, 0.717) is 17.9 Å². The lowest BCUT2D eigenvalue weighted by Gasteiger charge is -2.14. The quantitative estimate of drug-likeness (QED) is 0.733. The van der Waals surface area contributed by atoms with Crippen molar-refractivity contribution in [3.63, 3.8) is 0 Å². The highest BCUT2D eigenvalue weighted by atomic mass is 127. The summed E-state index contributed by atoms with van der Waals surface area (Å²) in [4.78, 5) is 13.1. The Morgan fingerprint density at radius 3 is 2.68 bits per heavy atom. The first-order valence-electron chi connectivity index (χ1n) is 7.31. The van der Waals surface area contributed by atoms with Crippen molar-refractivity contribution >= 4 is 40.0 Å². The molecule has 1 aliphatic carbocycles. The SMILES string of the molecule is COc1ccc(Nc2nc(NC3CCCC3)ncc2I)cn1. The minimum Gasteiger partial charge on any atom is -0.481 e. The maximum atomic E-state index is 5.06. The second kappa shape index (κ2) is 7.08.